The second kappa shape index (κ2) is 13.6. The van der Waals surface area contributed by atoms with E-state index in [1.807, 2.05) is 19.9 Å². The third kappa shape index (κ3) is 6.78. The lowest BCUT2D eigenvalue weighted by Gasteiger charge is -2.36. The van der Waals surface area contributed by atoms with E-state index in [0.717, 1.165) is 6.07 Å². The van der Waals surface area contributed by atoms with Gasteiger partial charge < -0.3 is 14.6 Å². The molecule has 1 N–H and O–H groups in total. The van der Waals surface area contributed by atoms with Crippen LogP contribution in [0.4, 0.5) is 13.2 Å². The minimum atomic E-state index is -4.79. The summed E-state index contributed by atoms with van der Waals surface area (Å²) < 4.78 is 57.1. The molecule has 2 aromatic carbocycles. The number of aromatic carboxylic acids is 1. The number of carbonyl (C=O) groups is 1. The molecule has 5 aromatic rings. The number of fused-ring (bicyclic) bond motifs is 2. The van der Waals surface area contributed by atoms with Crippen LogP contribution in [0.5, 0.6) is 5.75 Å². The quantitative estimate of drug-likeness (QED) is 0.176. The lowest BCUT2D eigenvalue weighted by molar-refractivity contribution is -0.138. The standard InChI is InChI=1S/C35H31ClF3N5O5S/c1-17-9-23(32-31(41-17)26(16-50-32)34(46)47)22-10-21(36)5-6-29(22)48-8-7-44-20(4)42-28-11-27(35(37,38)39)25(24(12-40)30(28)33(44)45)15-43-13-18(2)49-19(3)14-43/h5-6,9-11,16,18-19H,7-8,13-15H2,1-4H3,(H,46,47)/t18-,19+. The Bertz CT molecular complexity index is 2250. The van der Waals surface area contributed by atoms with Gasteiger partial charge in [-0.25, -0.2) is 9.78 Å². The number of alkyl halides is 3. The van der Waals surface area contributed by atoms with Crippen LogP contribution in [0.3, 0.4) is 0 Å². The maximum absolute atomic E-state index is 14.4. The molecule has 50 heavy (non-hydrogen) atoms. The van der Waals surface area contributed by atoms with Crippen LogP contribution in [0.2, 0.25) is 5.02 Å². The highest BCUT2D eigenvalue weighted by Crippen LogP contribution is 2.41. The number of pyridine rings is 1. The van der Waals surface area contributed by atoms with E-state index >= 15 is 0 Å². The summed E-state index contributed by atoms with van der Waals surface area (Å²) in [4.78, 5) is 36.4. The van der Waals surface area contributed by atoms with Crippen LogP contribution in [0.25, 0.3) is 32.2 Å². The van der Waals surface area contributed by atoms with E-state index in [-0.39, 0.29) is 65.3 Å². The molecule has 10 nitrogen and oxygen atoms in total. The summed E-state index contributed by atoms with van der Waals surface area (Å²) in [5.74, 6) is -0.552. The van der Waals surface area contributed by atoms with E-state index in [1.165, 1.54) is 28.2 Å². The number of thiophene rings is 1. The van der Waals surface area contributed by atoms with Gasteiger partial charge in [-0.3, -0.25) is 19.2 Å². The van der Waals surface area contributed by atoms with Crippen LogP contribution in [-0.4, -0.2) is 62.4 Å². The normalized spacial score (nSPS) is 16.9. The number of carboxylic acid groups (broad SMARTS) is 1. The van der Waals surface area contributed by atoms with Gasteiger partial charge in [0.25, 0.3) is 5.56 Å². The fraction of sp³-hybridized carbons (Fsp3) is 0.343. The van der Waals surface area contributed by atoms with Crippen LogP contribution in [-0.2, 0) is 24.0 Å². The third-order valence-electron chi connectivity index (χ3n) is 8.53. The summed E-state index contributed by atoms with van der Waals surface area (Å²) in [6, 6.07) is 9.53. The highest BCUT2D eigenvalue weighted by atomic mass is 35.5. The first kappa shape index (κ1) is 35.3. The zero-order chi connectivity index (χ0) is 36.1. The number of halogens is 4. The molecular formula is C35H31ClF3N5O5S. The van der Waals surface area contributed by atoms with Gasteiger partial charge in [0.1, 0.15) is 24.3 Å². The molecule has 1 aliphatic rings. The molecule has 2 atom stereocenters. The predicted octanol–water partition coefficient (Wildman–Crippen LogP) is 7.22. The summed E-state index contributed by atoms with van der Waals surface area (Å²) in [5.41, 5.74) is -0.258. The molecule has 0 aliphatic carbocycles. The van der Waals surface area contributed by atoms with Gasteiger partial charge in [-0.15, -0.1) is 11.3 Å². The molecular weight excluding hydrogens is 695 g/mol. The van der Waals surface area contributed by atoms with Gasteiger partial charge in [0.2, 0.25) is 0 Å². The molecule has 0 unspecified atom stereocenters. The van der Waals surface area contributed by atoms with Crippen molar-refractivity contribution in [1.29, 1.82) is 5.26 Å². The van der Waals surface area contributed by atoms with Crippen molar-refractivity contribution in [3.8, 4) is 22.9 Å². The van der Waals surface area contributed by atoms with E-state index < -0.39 is 23.3 Å². The summed E-state index contributed by atoms with van der Waals surface area (Å²) in [7, 11) is 0. The zero-order valence-corrected chi connectivity index (χ0v) is 29.0. The highest BCUT2D eigenvalue weighted by molar-refractivity contribution is 7.18. The second-order valence-electron chi connectivity index (χ2n) is 12.3. The summed E-state index contributed by atoms with van der Waals surface area (Å²) in [6.07, 6.45) is -5.23. The van der Waals surface area contributed by atoms with Crippen LogP contribution < -0.4 is 10.3 Å². The molecule has 6 rings (SSSR count). The molecule has 15 heteroatoms. The molecule has 0 spiro atoms. The van der Waals surface area contributed by atoms with Crippen LogP contribution in [0, 0.1) is 25.2 Å². The van der Waals surface area contributed by atoms with Gasteiger partial charge in [-0.2, -0.15) is 18.4 Å². The number of rotatable bonds is 8. The summed E-state index contributed by atoms with van der Waals surface area (Å²) in [6.45, 7) is 7.35. The van der Waals surface area contributed by atoms with Crippen LogP contribution in [0.15, 0.2) is 40.5 Å². The Balaban J connectivity index is 1.37. The number of ether oxygens (including phenoxy) is 2. The van der Waals surface area contributed by atoms with Gasteiger partial charge in [0.05, 0.1) is 56.6 Å². The maximum atomic E-state index is 14.4. The monoisotopic (exact) mass is 725 g/mol. The van der Waals surface area contributed by atoms with E-state index in [1.54, 1.807) is 36.1 Å². The average molecular weight is 726 g/mol. The Morgan fingerprint density at radius 3 is 2.54 bits per heavy atom. The number of nitrogens with zero attached hydrogens (tertiary/aromatic N) is 5. The molecule has 3 aromatic heterocycles. The Labute approximate surface area is 293 Å². The van der Waals surface area contributed by atoms with E-state index in [9.17, 15) is 33.1 Å². The van der Waals surface area contributed by atoms with Crippen molar-refractivity contribution in [3.63, 3.8) is 0 Å². The Kier molecular flexibility index (Phi) is 9.62. The number of benzene rings is 2. The largest absolute Gasteiger partial charge is 0.491 e. The average Bonchev–Trinajstić information content (AvgIpc) is 3.46. The number of nitriles is 1. The fourth-order valence-corrected chi connectivity index (χ4v) is 7.73. The van der Waals surface area contributed by atoms with Gasteiger partial charge >= 0.3 is 12.1 Å². The Morgan fingerprint density at radius 2 is 1.88 bits per heavy atom. The maximum Gasteiger partial charge on any atom is 0.416 e. The first-order valence-corrected chi connectivity index (χ1v) is 16.9. The van der Waals surface area contributed by atoms with Crippen molar-refractivity contribution in [3.05, 3.63) is 84.9 Å². The summed E-state index contributed by atoms with van der Waals surface area (Å²) in [5, 5.41) is 21.6. The molecule has 0 radical (unpaired) electrons. The molecule has 1 fully saturated rings. The lowest BCUT2D eigenvalue weighted by Crippen LogP contribution is -2.45. The topological polar surface area (TPSA) is 131 Å². The minimum absolute atomic E-state index is 0.0393. The molecule has 0 saturated carbocycles. The number of aromatic nitrogens is 3. The van der Waals surface area contributed by atoms with Gasteiger partial charge in [-0.05, 0) is 63.6 Å². The molecule has 0 bridgehead atoms. The van der Waals surface area contributed by atoms with Gasteiger partial charge in [0.15, 0.2) is 0 Å². The van der Waals surface area contributed by atoms with Crippen molar-refractivity contribution >= 4 is 50.0 Å². The van der Waals surface area contributed by atoms with Crippen molar-refractivity contribution in [2.45, 2.75) is 59.2 Å². The summed E-state index contributed by atoms with van der Waals surface area (Å²) >= 11 is 7.60. The first-order valence-electron chi connectivity index (χ1n) is 15.6. The Morgan fingerprint density at radius 1 is 1.16 bits per heavy atom. The van der Waals surface area contributed by atoms with Crippen LogP contribution in [0.1, 0.15) is 52.4 Å². The second-order valence-corrected chi connectivity index (χ2v) is 13.6. The van der Waals surface area contributed by atoms with E-state index in [0.29, 0.717) is 50.9 Å². The predicted molar refractivity (Wildman–Crippen MR) is 183 cm³/mol. The van der Waals surface area contributed by atoms with Crippen molar-refractivity contribution < 1.29 is 32.5 Å². The Hall–Kier alpha value is -4.55. The highest BCUT2D eigenvalue weighted by Gasteiger charge is 2.37. The minimum Gasteiger partial charge on any atom is -0.491 e. The zero-order valence-electron chi connectivity index (χ0n) is 27.4. The van der Waals surface area contributed by atoms with E-state index in [2.05, 4.69) is 9.97 Å². The first-order chi connectivity index (χ1) is 23.7. The number of carboxylic acids is 1. The van der Waals surface area contributed by atoms with Crippen molar-refractivity contribution in [2.75, 3.05) is 19.7 Å². The van der Waals surface area contributed by atoms with Crippen molar-refractivity contribution in [2.24, 2.45) is 0 Å². The number of hydrogen-bond donors (Lipinski definition) is 1. The SMILES string of the molecule is Cc1cc(-c2cc(Cl)ccc2OCCn2c(C)nc3cc(C(F)(F)F)c(CN4C[C@@H](C)O[C@@H](C)C4)c(C#N)c3c2=O)c2scc(C(=O)O)c2n1. The molecule has 4 heterocycles. The fourth-order valence-electron chi connectivity index (χ4n) is 6.55. The third-order valence-corrected chi connectivity index (χ3v) is 9.76. The van der Waals surface area contributed by atoms with Gasteiger partial charge in [0, 0.05) is 46.9 Å². The number of aryl methyl sites for hydroxylation is 2. The van der Waals surface area contributed by atoms with Crippen molar-refractivity contribution in [1.82, 2.24) is 19.4 Å². The van der Waals surface area contributed by atoms with E-state index in [4.69, 9.17) is 21.1 Å². The lowest BCUT2D eigenvalue weighted by atomic mass is 9.96. The molecule has 1 saturated heterocycles. The molecule has 0 amide bonds. The molecule has 1 aliphatic heterocycles. The smallest absolute Gasteiger partial charge is 0.416 e. The van der Waals surface area contributed by atoms with Gasteiger partial charge in [-0.1, -0.05) is 11.6 Å². The van der Waals surface area contributed by atoms with Crippen LogP contribution >= 0.6 is 22.9 Å². The number of hydrogen-bond acceptors (Lipinski definition) is 9. The molecule has 260 valence electrons. The number of morpholine rings is 1.